The Morgan fingerprint density at radius 3 is 2.15 bits per heavy atom. The van der Waals surface area contributed by atoms with E-state index in [1.54, 1.807) is 0 Å². The molecule has 6 aromatic rings. The molecular formula is C35H23BIrN2S2-2. The molecule has 2 aliphatic rings. The van der Waals surface area contributed by atoms with Gasteiger partial charge in [0.2, 0.25) is 6.71 Å². The molecule has 0 N–H and O–H groups in total. The quantitative estimate of drug-likeness (QED) is 0.143. The van der Waals surface area contributed by atoms with Crippen LogP contribution < -0.4 is 16.4 Å². The molecule has 0 aliphatic carbocycles. The van der Waals surface area contributed by atoms with Crippen molar-refractivity contribution in [1.82, 2.24) is 9.97 Å². The molecule has 0 saturated carbocycles. The van der Waals surface area contributed by atoms with Crippen molar-refractivity contribution in [2.45, 2.75) is 26.5 Å². The first kappa shape index (κ1) is 27.7. The van der Waals surface area contributed by atoms with E-state index in [0.29, 0.717) is 0 Å². The van der Waals surface area contributed by atoms with Gasteiger partial charge in [-0.25, -0.2) is 0 Å². The molecular weight excluding hydrogens is 716 g/mol. The van der Waals surface area contributed by atoms with Gasteiger partial charge in [-0.3, -0.25) is 0 Å². The standard InChI is InChI=1S/C23H13BNS2.C12H10N.Ir/c1-2-8-19-16(6-1)24-17-14-15(18-7-3-4-13-25-18)11-12-20(17)27-22-10-5-9-21(26-19)23(22)24;1-10-7-8-12(13-9-10)11-5-3-2-4-6-11;/h1-10,12-14H;2-5,7-9H,1H3;/q2*-1;. The predicted octanol–water partition coefficient (Wildman–Crippen LogP) is 6.85. The van der Waals surface area contributed by atoms with E-state index in [4.69, 9.17) is 0 Å². The number of aromatic nitrogens is 2. The molecule has 199 valence electrons. The molecule has 0 bridgehead atoms. The average molecular weight is 739 g/mol. The third kappa shape index (κ3) is 5.58. The number of benzene rings is 4. The summed E-state index contributed by atoms with van der Waals surface area (Å²) in [5.41, 5.74) is 9.47. The van der Waals surface area contributed by atoms with Crippen LogP contribution in [0.4, 0.5) is 0 Å². The molecule has 0 amide bonds. The van der Waals surface area contributed by atoms with E-state index in [0.717, 1.165) is 22.5 Å². The van der Waals surface area contributed by atoms with Crippen molar-refractivity contribution < 1.29 is 20.1 Å². The number of hydrogen-bond acceptors (Lipinski definition) is 4. The van der Waals surface area contributed by atoms with Crippen LogP contribution in [0.3, 0.4) is 0 Å². The summed E-state index contributed by atoms with van der Waals surface area (Å²) >= 11 is 3.75. The maximum Gasteiger partial charge on any atom is 0.228 e. The summed E-state index contributed by atoms with van der Waals surface area (Å²) in [7, 11) is 0. The number of nitrogens with zero attached hydrogens (tertiary/aromatic N) is 2. The summed E-state index contributed by atoms with van der Waals surface area (Å²) in [6.45, 7) is 2.31. The first-order chi connectivity index (χ1) is 19.7. The molecule has 0 spiro atoms. The molecule has 0 fully saturated rings. The van der Waals surface area contributed by atoms with E-state index in [2.05, 4.69) is 88.8 Å². The van der Waals surface area contributed by atoms with Crippen LogP contribution in [-0.4, -0.2) is 16.7 Å². The molecule has 2 aliphatic heterocycles. The van der Waals surface area contributed by atoms with Crippen LogP contribution in [0.25, 0.3) is 22.5 Å². The van der Waals surface area contributed by atoms with Gasteiger partial charge in [-0.15, -0.1) is 76.9 Å². The van der Waals surface area contributed by atoms with Crippen molar-refractivity contribution in [3.8, 4) is 22.5 Å². The zero-order valence-corrected chi connectivity index (χ0v) is 26.2. The number of hydrogen-bond donors (Lipinski definition) is 0. The second-order valence-electron chi connectivity index (χ2n) is 9.72. The van der Waals surface area contributed by atoms with E-state index in [9.17, 15) is 0 Å². The molecule has 4 aromatic carbocycles. The first-order valence-electron chi connectivity index (χ1n) is 13.2. The fraction of sp³-hybridized carbons (Fsp3) is 0.0286. The van der Waals surface area contributed by atoms with E-state index < -0.39 is 0 Å². The average Bonchev–Trinajstić information content (AvgIpc) is 3.02. The Morgan fingerprint density at radius 2 is 1.39 bits per heavy atom. The Kier molecular flexibility index (Phi) is 8.27. The first-order valence-corrected chi connectivity index (χ1v) is 14.8. The Bertz CT molecular complexity index is 1800. The smallest absolute Gasteiger partial charge is 0.228 e. The maximum absolute atomic E-state index is 4.53. The zero-order chi connectivity index (χ0) is 26.9. The minimum atomic E-state index is 0. The Hall–Kier alpha value is -3.41. The van der Waals surface area contributed by atoms with Crippen LogP contribution in [0.1, 0.15) is 5.56 Å². The van der Waals surface area contributed by atoms with Crippen LogP contribution in [0.15, 0.2) is 141 Å². The number of rotatable bonds is 2. The van der Waals surface area contributed by atoms with Crippen molar-refractivity contribution in [1.29, 1.82) is 0 Å². The predicted molar refractivity (Wildman–Crippen MR) is 168 cm³/mol. The summed E-state index contributed by atoms with van der Waals surface area (Å²) < 4.78 is 0. The normalized spacial score (nSPS) is 12.1. The van der Waals surface area contributed by atoms with Crippen molar-refractivity contribution in [2.75, 3.05) is 0 Å². The molecule has 2 aromatic heterocycles. The van der Waals surface area contributed by atoms with E-state index in [1.807, 2.05) is 85.3 Å². The number of pyridine rings is 2. The van der Waals surface area contributed by atoms with Crippen molar-refractivity contribution in [2.24, 2.45) is 0 Å². The molecule has 0 saturated heterocycles. The summed E-state index contributed by atoms with van der Waals surface area (Å²) in [6, 6.07) is 44.5. The van der Waals surface area contributed by atoms with Gasteiger partial charge >= 0.3 is 0 Å². The van der Waals surface area contributed by atoms with Crippen LogP contribution in [-0.2, 0) is 20.1 Å². The van der Waals surface area contributed by atoms with E-state index in [-0.39, 0.29) is 26.8 Å². The van der Waals surface area contributed by atoms with Crippen molar-refractivity contribution in [3.05, 3.63) is 139 Å². The minimum absolute atomic E-state index is 0. The second-order valence-corrected chi connectivity index (χ2v) is 11.9. The van der Waals surface area contributed by atoms with E-state index >= 15 is 0 Å². The molecule has 8 rings (SSSR count). The van der Waals surface area contributed by atoms with Gasteiger partial charge in [0, 0.05) is 42.3 Å². The van der Waals surface area contributed by atoms with E-state index in [1.165, 1.54) is 41.5 Å². The van der Waals surface area contributed by atoms with Crippen LogP contribution in [0.5, 0.6) is 0 Å². The summed E-state index contributed by atoms with van der Waals surface area (Å²) in [4.78, 5) is 14.2. The summed E-state index contributed by atoms with van der Waals surface area (Å²) in [5, 5.41) is 0. The van der Waals surface area contributed by atoms with Crippen molar-refractivity contribution in [3.63, 3.8) is 0 Å². The maximum atomic E-state index is 4.53. The van der Waals surface area contributed by atoms with Gasteiger partial charge < -0.3 is 9.97 Å². The van der Waals surface area contributed by atoms with Crippen molar-refractivity contribution >= 4 is 46.6 Å². The molecule has 1 radical (unpaired) electrons. The van der Waals surface area contributed by atoms with Gasteiger partial charge in [0.05, 0.1) is 0 Å². The molecule has 6 heteroatoms. The Labute approximate surface area is 263 Å². The Balaban J connectivity index is 0.000000183. The topological polar surface area (TPSA) is 25.8 Å². The Morgan fingerprint density at radius 1 is 0.634 bits per heavy atom. The van der Waals surface area contributed by atoms with Gasteiger partial charge in [-0.05, 0) is 58.5 Å². The second kappa shape index (κ2) is 12.2. The fourth-order valence-corrected chi connectivity index (χ4v) is 7.54. The third-order valence-electron chi connectivity index (χ3n) is 7.08. The summed E-state index contributed by atoms with van der Waals surface area (Å²) in [6.07, 6.45) is 3.72. The molecule has 0 atom stereocenters. The SMILES string of the molecule is Cc1ccc(-c2[c-]cccc2)nc1.[Ir].[c-]1cc2c(cc1-c1ccccn1)B1c3ccccc3Sc3cccc(c31)S2. The minimum Gasteiger partial charge on any atom is -0.305 e. The van der Waals surface area contributed by atoms with Gasteiger partial charge in [0.1, 0.15) is 0 Å². The van der Waals surface area contributed by atoms with Crippen LogP contribution in [0.2, 0.25) is 0 Å². The van der Waals surface area contributed by atoms with Gasteiger partial charge in [-0.2, -0.15) is 0 Å². The van der Waals surface area contributed by atoms with Gasteiger partial charge in [0.15, 0.2) is 0 Å². The summed E-state index contributed by atoms with van der Waals surface area (Å²) in [5.74, 6) is 0. The molecule has 2 nitrogen and oxygen atoms in total. The number of fused-ring (bicyclic) bond motifs is 4. The number of aryl methyl sites for hydroxylation is 1. The molecule has 4 heterocycles. The molecule has 0 unspecified atom stereocenters. The molecule has 41 heavy (non-hydrogen) atoms. The third-order valence-corrected chi connectivity index (χ3v) is 9.39. The monoisotopic (exact) mass is 739 g/mol. The zero-order valence-electron chi connectivity index (χ0n) is 22.2. The van der Waals surface area contributed by atoms with Crippen LogP contribution in [0, 0.1) is 19.1 Å². The van der Waals surface area contributed by atoms with Crippen LogP contribution >= 0.6 is 23.5 Å². The fourth-order valence-electron chi connectivity index (χ4n) is 5.17. The largest absolute Gasteiger partial charge is 0.305 e. The van der Waals surface area contributed by atoms with Gasteiger partial charge in [0.25, 0.3) is 0 Å². The van der Waals surface area contributed by atoms with Gasteiger partial charge in [-0.1, -0.05) is 70.7 Å².